The minimum absolute atomic E-state index is 0.287. The summed E-state index contributed by atoms with van der Waals surface area (Å²) in [6.45, 7) is 8.89. The van der Waals surface area contributed by atoms with Crippen LogP contribution in [0.5, 0.6) is 0 Å². The zero-order valence-electron chi connectivity index (χ0n) is 29.0. The fraction of sp³-hybridized carbons (Fsp3) is 0.450. The topological polar surface area (TPSA) is 96.2 Å². The Kier molecular flexibility index (Phi) is 14.2. The summed E-state index contributed by atoms with van der Waals surface area (Å²) in [6, 6.07) is 16.4. The predicted molar refractivity (Wildman–Crippen MR) is 190 cm³/mol. The van der Waals surface area contributed by atoms with Crippen molar-refractivity contribution < 1.29 is 28.7 Å². The number of aromatic nitrogens is 1. The fourth-order valence-corrected chi connectivity index (χ4v) is 5.94. The van der Waals surface area contributed by atoms with Crippen molar-refractivity contribution in [3.63, 3.8) is 0 Å². The Morgan fingerprint density at radius 3 is 1.85 bits per heavy atom. The minimum Gasteiger partial charge on any atom is -0.462 e. The molecule has 256 valence electrons. The molecule has 4 rings (SSSR count). The van der Waals surface area contributed by atoms with Gasteiger partial charge >= 0.3 is 17.9 Å². The van der Waals surface area contributed by atoms with Crippen LogP contribution in [0, 0.1) is 13.8 Å². The average molecular weight is 655 g/mol. The minimum atomic E-state index is -0.524. The van der Waals surface area contributed by atoms with Gasteiger partial charge in [-0.1, -0.05) is 114 Å². The lowest BCUT2D eigenvalue weighted by Crippen LogP contribution is -2.13. The standard InChI is InChI=1S/C40H50N2O6/c1-5-7-9-11-13-18-22-46-38(43)33-25-34(39(44)47-23-19-14-12-10-8-6-2)27-35(26-33)42-29(3)24-32(30(42)4)28-36-37(41-48-40(36)45)31-20-16-15-17-21-31/h15-17,20-21,24-28H,5-14,18-19,22-23H2,1-4H3. The van der Waals surface area contributed by atoms with Crippen LogP contribution in [0.4, 0.5) is 0 Å². The highest BCUT2D eigenvalue weighted by Crippen LogP contribution is 2.28. The zero-order valence-corrected chi connectivity index (χ0v) is 29.0. The second kappa shape index (κ2) is 18.8. The number of ether oxygens (including phenoxy) is 2. The molecule has 3 aromatic rings. The first kappa shape index (κ1) is 36.4. The number of benzene rings is 2. The van der Waals surface area contributed by atoms with Crippen LogP contribution in [0.2, 0.25) is 0 Å². The normalized spacial score (nSPS) is 13.5. The number of aryl methyl sites for hydroxylation is 1. The maximum atomic E-state index is 13.3. The van der Waals surface area contributed by atoms with Crippen molar-refractivity contribution in [3.8, 4) is 5.69 Å². The van der Waals surface area contributed by atoms with E-state index in [9.17, 15) is 14.4 Å². The average Bonchev–Trinajstić information content (AvgIpc) is 3.60. The van der Waals surface area contributed by atoms with E-state index in [0.717, 1.165) is 61.0 Å². The van der Waals surface area contributed by atoms with Gasteiger partial charge in [-0.15, -0.1) is 0 Å². The van der Waals surface area contributed by atoms with E-state index in [1.165, 1.54) is 38.5 Å². The van der Waals surface area contributed by atoms with Gasteiger partial charge in [0, 0.05) is 22.6 Å². The maximum absolute atomic E-state index is 13.3. The molecule has 0 saturated carbocycles. The molecule has 1 aromatic heterocycles. The van der Waals surface area contributed by atoms with Gasteiger partial charge in [0.05, 0.1) is 29.9 Å². The third-order valence-corrected chi connectivity index (χ3v) is 8.62. The van der Waals surface area contributed by atoms with Crippen molar-refractivity contribution in [3.05, 3.63) is 93.8 Å². The Morgan fingerprint density at radius 1 is 0.750 bits per heavy atom. The molecule has 48 heavy (non-hydrogen) atoms. The Bertz CT molecular complexity index is 1550. The predicted octanol–water partition coefficient (Wildman–Crippen LogP) is 9.47. The molecule has 0 atom stereocenters. The highest BCUT2D eigenvalue weighted by Gasteiger charge is 2.27. The maximum Gasteiger partial charge on any atom is 0.368 e. The van der Waals surface area contributed by atoms with Crippen molar-refractivity contribution in [1.29, 1.82) is 0 Å². The molecule has 0 spiro atoms. The summed E-state index contributed by atoms with van der Waals surface area (Å²) >= 11 is 0. The molecule has 8 nitrogen and oxygen atoms in total. The van der Waals surface area contributed by atoms with Gasteiger partial charge in [0.25, 0.3) is 0 Å². The highest BCUT2D eigenvalue weighted by atomic mass is 16.7. The van der Waals surface area contributed by atoms with Crippen LogP contribution < -0.4 is 0 Å². The lowest BCUT2D eigenvalue weighted by atomic mass is 10.0. The van der Waals surface area contributed by atoms with Crippen molar-refractivity contribution in [1.82, 2.24) is 4.57 Å². The third-order valence-electron chi connectivity index (χ3n) is 8.62. The molecule has 0 bridgehead atoms. The fourth-order valence-electron chi connectivity index (χ4n) is 5.94. The second-order valence-electron chi connectivity index (χ2n) is 12.5. The van der Waals surface area contributed by atoms with Gasteiger partial charge in [0.1, 0.15) is 5.71 Å². The van der Waals surface area contributed by atoms with E-state index >= 15 is 0 Å². The molecule has 0 saturated heterocycles. The van der Waals surface area contributed by atoms with E-state index in [1.54, 1.807) is 24.3 Å². The van der Waals surface area contributed by atoms with Gasteiger partial charge in [-0.25, -0.2) is 14.4 Å². The number of unbranched alkanes of at least 4 members (excludes halogenated alkanes) is 10. The lowest BCUT2D eigenvalue weighted by molar-refractivity contribution is -0.136. The Hall–Kier alpha value is -4.46. The van der Waals surface area contributed by atoms with E-state index in [2.05, 4.69) is 19.0 Å². The van der Waals surface area contributed by atoms with Gasteiger partial charge < -0.3 is 18.9 Å². The van der Waals surface area contributed by atoms with Gasteiger partial charge in [-0.3, -0.25) is 0 Å². The molecule has 0 radical (unpaired) electrons. The van der Waals surface area contributed by atoms with E-state index in [4.69, 9.17) is 14.3 Å². The monoisotopic (exact) mass is 654 g/mol. The van der Waals surface area contributed by atoms with Crippen LogP contribution in [-0.4, -0.2) is 41.4 Å². The number of nitrogens with zero attached hydrogens (tertiary/aromatic N) is 2. The number of carbonyl (C=O) groups excluding carboxylic acids is 3. The Labute approximate surface area is 285 Å². The first-order chi connectivity index (χ1) is 23.3. The molecule has 2 aromatic carbocycles. The zero-order chi connectivity index (χ0) is 34.3. The summed E-state index contributed by atoms with van der Waals surface area (Å²) in [7, 11) is 0. The molecule has 0 amide bonds. The van der Waals surface area contributed by atoms with Crippen LogP contribution in [0.1, 0.15) is 134 Å². The molecular formula is C40H50N2O6. The third kappa shape index (κ3) is 10.0. The number of esters is 2. The molecule has 0 fully saturated rings. The SMILES string of the molecule is CCCCCCCCOC(=O)c1cc(C(=O)OCCCCCCCC)cc(-n2c(C)cc(C=C3C(=O)ON=C3c3ccccc3)c2C)c1. The highest BCUT2D eigenvalue weighted by molar-refractivity contribution is 6.31. The summed E-state index contributed by atoms with van der Waals surface area (Å²) in [6.07, 6.45) is 14.8. The number of rotatable bonds is 19. The van der Waals surface area contributed by atoms with Crippen LogP contribution in [0.15, 0.2) is 65.3 Å². The van der Waals surface area contributed by atoms with E-state index < -0.39 is 17.9 Å². The molecule has 0 unspecified atom stereocenters. The van der Waals surface area contributed by atoms with E-state index in [0.29, 0.717) is 30.2 Å². The van der Waals surface area contributed by atoms with Crippen LogP contribution in [-0.2, 0) is 19.1 Å². The summed E-state index contributed by atoms with van der Waals surface area (Å²) in [5.41, 5.74) is 5.26. The van der Waals surface area contributed by atoms with Crippen LogP contribution in [0.25, 0.3) is 11.8 Å². The molecule has 8 heteroatoms. The molecular weight excluding hydrogens is 604 g/mol. The number of hydrogen-bond donors (Lipinski definition) is 0. The molecule has 1 aliphatic heterocycles. The van der Waals surface area contributed by atoms with E-state index in [1.807, 2.05) is 54.8 Å². The quantitative estimate of drug-likeness (QED) is 0.0553. The smallest absolute Gasteiger partial charge is 0.368 e. The summed E-state index contributed by atoms with van der Waals surface area (Å²) < 4.78 is 13.3. The number of oxime groups is 1. The molecule has 1 aliphatic rings. The van der Waals surface area contributed by atoms with Crippen molar-refractivity contribution >= 4 is 29.7 Å². The summed E-state index contributed by atoms with van der Waals surface area (Å²) in [4.78, 5) is 44.3. The largest absolute Gasteiger partial charge is 0.462 e. The number of carbonyl (C=O) groups is 3. The van der Waals surface area contributed by atoms with Crippen LogP contribution in [0.3, 0.4) is 0 Å². The lowest BCUT2D eigenvalue weighted by Gasteiger charge is -2.14. The molecule has 2 heterocycles. The van der Waals surface area contributed by atoms with Gasteiger partial charge in [-0.2, -0.15) is 0 Å². The van der Waals surface area contributed by atoms with Gasteiger partial charge in [0.2, 0.25) is 0 Å². The Balaban J connectivity index is 1.58. The van der Waals surface area contributed by atoms with E-state index in [-0.39, 0.29) is 11.1 Å². The molecule has 0 N–H and O–H groups in total. The summed E-state index contributed by atoms with van der Waals surface area (Å²) in [5.74, 6) is -1.47. The van der Waals surface area contributed by atoms with Crippen LogP contribution >= 0.6 is 0 Å². The van der Waals surface area contributed by atoms with Crippen molar-refractivity contribution in [2.24, 2.45) is 5.16 Å². The Morgan fingerprint density at radius 2 is 1.29 bits per heavy atom. The molecule has 0 aliphatic carbocycles. The van der Waals surface area contributed by atoms with Crippen molar-refractivity contribution in [2.75, 3.05) is 13.2 Å². The van der Waals surface area contributed by atoms with Crippen molar-refractivity contribution in [2.45, 2.75) is 105 Å². The van der Waals surface area contributed by atoms with Gasteiger partial charge in [0.15, 0.2) is 0 Å². The second-order valence-corrected chi connectivity index (χ2v) is 12.5. The summed E-state index contributed by atoms with van der Waals surface area (Å²) in [5, 5.41) is 4.03. The first-order valence-corrected chi connectivity index (χ1v) is 17.6. The first-order valence-electron chi connectivity index (χ1n) is 17.6. The number of hydrogen-bond acceptors (Lipinski definition) is 7. The van der Waals surface area contributed by atoms with Gasteiger partial charge in [-0.05, 0) is 62.6 Å².